The molecule has 2 atom stereocenters. The number of nitrogens with zero attached hydrogens (tertiary/aromatic N) is 2. The Hall–Kier alpha value is -1.36. The van der Waals surface area contributed by atoms with Crippen LogP contribution in [-0.2, 0) is 11.8 Å². The standard InChI is InChI=1S/C16H21BrN2O2/c1-5-12(6-10(2)20)11(3)21-16-8-13(17)7-15-14(16)9-19(4)18-15/h7-9,11-12H,5-6H2,1-4H3/t11-,12?/m1/s1. The van der Waals surface area contributed by atoms with Gasteiger partial charge >= 0.3 is 0 Å². The van der Waals surface area contributed by atoms with Crippen molar-refractivity contribution in [2.45, 2.75) is 39.7 Å². The van der Waals surface area contributed by atoms with Crippen LogP contribution in [0.5, 0.6) is 5.75 Å². The number of benzene rings is 1. The highest BCUT2D eigenvalue weighted by Gasteiger charge is 2.20. The van der Waals surface area contributed by atoms with Crippen LogP contribution in [0.4, 0.5) is 0 Å². The molecule has 0 radical (unpaired) electrons. The van der Waals surface area contributed by atoms with E-state index in [9.17, 15) is 4.79 Å². The van der Waals surface area contributed by atoms with Gasteiger partial charge in [0.15, 0.2) is 0 Å². The molecule has 0 aliphatic carbocycles. The summed E-state index contributed by atoms with van der Waals surface area (Å²) >= 11 is 3.49. The SMILES string of the molecule is CCC(CC(C)=O)[C@@H](C)Oc1cc(Br)cc2nn(C)cc12. The van der Waals surface area contributed by atoms with E-state index in [1.54, 1.807) is 11.6 Å². The largest absolute Gasteiger partial charge is 0.490 e. The molecule has 1 heterocycles. The molecule has 0 saturated heterocycles. The number of ether oxygens (including phenoxy) is 1. The van der Waals surface area contributed by atoms with Crippen LogP contribution in [0.2, 0.25) is 0 Å². The molecule has 0 spiro atoms. The van der Waals surface area contributed by atoms with E-state index in [1.807, 2.05) is 32.3 Å². The number of halogens is 1. The van der Waals surface area contributed by atoms with Gasteiger partial charge in [0.2, 0.25) is 0 Å². The first-order valence-electron chi connectivity index (χ1n) is 7.19. The van der Waals surface area contributed by atoms with Gasteiger partial charge in [-0.3, -0.25) is 4.68 Å². The average molecular weight is 353 g/mol. The Balaban J connectivity index is 2.27. The minimum atomic E-state index is -0.0170. The summed E-state index contributed by atoms with van der Waals surface area (Å²) in [5.74, 6) is 1.24. The predicted octanol–water partition coefficient (Wildman–Crippen LogP) is 4.11. The molecule has 21 heavy (non-hydrogen) atoms. The lowest BCUT2D eigenvalue weighted by Crippen LogP contribution is -2.25. The number of Topliss-reactive ketones (excluding diaryl/α,β-unsaturated/α-hetero) is 1. The third kappa shape index (κ3) is 3.84. The molecule has 1 aromatic carbocycles. The van der Waals surface area contributed by atoms with Crippen molar-refractivity contribution in [3.63, 3.8) is 0 Å². The molecule has 0 bridgehead atoms. The molecule has 2 aromatic rings. The second-order valence-corrected chi connectivity index (χ2v) is 6.45. The molecule has 0 fully saturated rings. The fourth-order valence-corrected chi connectivity index (χ4v) is 3.01. The summed E-state index contributed by atoms with van der Waals surface area (Å²) < 4.78 is 8.86. The lowest BCUT2D eigenvalue weighted by molar-refractivity contribution is -0.118. The zero-order valence-electron chi connectivity index (χ0n) is 12.9. The number of hydrogen-bond acceptors (Lipinski definition) is 3. The second kappa shape index (κ2) is 6.60. The molecule has 5 heteroatoms. The summed E-state index contributed by atoms with van der Waals surface area (Å²) in [5.41, 5.74) is 0.897. The van der Waals surface area contributed by atoms with Gasteiger partial charge in [-0.1, -0.05) is 22.9 Å². The Morgan fingerprint density at radius 3 is 2.81 bits per heavy atom. The van der Waals surface area contributed by atoms with Gasteiger partial charge in [0.05, 0.1) is 17.0 Å². The number of rotatable bonds is 6. The minimum Gasteiger partial charge on any atom is -0.490 e. The first kappa shape index (κ1) is 16.0. The molecular formula is C16H21BrN2O2. The topological polar surface area (TPSA) is 44.1 Å². The van der Waals surface area contributed by atoms with Crippen molar-refractivity contribution in [1.82, 2.24) is 9.78 Å². The Labute approximate surface area is 133 Å². The Bertz CT molecular complexity index is 651. The number of aromatic nitrogens is 2. The zero-order valence-corrected chi connectivity index (χ0v) is 14.5. The molecule has 0 N–H and O–H groups in total. The van der Waals surface area contributed by atoms with Crippen molar-refractivity contribution in [2.75, 3.05) is 0 Å². The molecule has 0 aliphatic rings. The predicted molar refractivity (Wildman–Crippen MR) is 87.6 cm³/mol. The summed E-state index contributed by atoms with van der Waals surface area (Å²) in [5, 5.41) is 5.40. The van der Waals surface area contributed by atoms with Gasteiger partial charge < -0.3 is 9.53 Å². The Kier molecular flexibility index (Phi) is 5.04. The summed E-state index contributed by atoms with van der Waals surface area (Å²) in [6.07, 6.45) is 3.42. The summed E-state index contributed by atoms with van der Waals surface area (Å²) in [7, 11) is 1.89. The van der Waals surface area contributed by atoms with E-state index in [0.29, 0.717) is 6.42 Å². The van der Waals surface area contributed by atoms with E-state index in [0.717, 1.165) is 27.5 Å². The molecule has 0 amide bonds. The highest BCUT2D eigenvalue weighted by atomic mass is 79.9. The van der Waals surface area contributed by atoms with Gasteiger partial charge in [0.1, 0.15) is 11.5 Å². The minimum absolute atomic E-state index is 0.0170. The number of aryl methyl sites for hydroxylation is 1. The smallest absolute Gasteiger partial charge is 0.131 e. The molecule has 0 saturated carbocycles. The van der Waals surface area contributed by atoms with Crippen LogP contribution in [0.15, 0.2) is 22.8 Å². The molecule has 114 valence electrons. The Morgan fingerprint density at radius 2 is 2.19 bits per heavy atom. The molecule has 4 nitrogen and oxygen atoms in total. The number of carbonyl (C=O) groups is 1. The van der Waals surface area contributed by atoms with Crippen molar-refractivity contribution >= 4 is 32.6 Å². The van der Waals surface area contributed by atoms with E-state index in [-0.39, 0.29) is 17.8 Å². The maximum atomic E-state index is 11.4. The van der Waals surface area contributed by atoms with E-state index in [1.165, 1.54) is 0 Å². The van der Waals surface area contributed by atoms with Crippen LogP contribution < -0.4 is 4.74 Å². The first-order chi connectivity index (χ1) is 9.90. The zero-order chi connectivity index (χ0) is 15.6. The van der Waals surface area contributed by atoms with Crippen LogP contribution in [0.1, 0.15) is 33.6 Å². The van der Waals surface area contributed by atoms with Gasteiger partial charge in [-0.25, -0.2) is 0 Å². The lowest BCUT2D eigenvalue weighted by Gasteiger charge is -2.23. The van der Waals surface area contributed by atoms with Crippen molar-refractivity contribution in [3.05, 3.63) is 22.8 Å². The van der Waals surface area contributed by atoms with Crippen LogP contribution in [0, 0.1) is 5.92 Å². The van der Waals surface area contributed by atoms with Gasteiger partial charge in [-0.2, -0.15) is 5.10 Å². The normalized spacial score (nSPS) is 14.1. The maximum absolute atomic E-state index is 11.4. The molecular weight excluding hydrogens is 332 g/mol. The molecule has 1 unspecified atom stereocenters. The third-order valence-corrected chi connectivity index (χ3v) is 4.17. The van der Waals surface area contributed by atoms with E-state index >= 15 is 0 Å². The fourth-order valence-electron chi connectivity index (χ4n) is 2.58. The summed E-state index contributed by atoms with van der Waals surface area (Å²) in [6.45, 7) is 5.75. The van der Waals surface area contributed by atoms with Crippen molar-refractivity contribution in [2.24, 2.45) is 13.0 Å². The van der Waals surface area contributed by atoms with Crippen molar-refractivity contribution in [3.8, 4) is 5.75 Å². The number of carbonyl (C=O) groups excluding carboxylic acids is 1. The van der Waals surface area contributed by atoms with Crippen LogP contribution in [0.3, 0.4) is 0 Å². The number of hydrogen-bond donors (Lipinski definition) is 0. The Morgan fingerprint density at radius 1 is 1.48 bits per heavy atom. The van der Waals surface area contributed by atoms with E-state index < -0.39 is 0 Å². The molecule has 2 rings (SSSR count). The quantitative estimate of drug-likeness (QED) is 0.785. The number of fused-ring (bicyclic) bond motifs is 1. The fraction of sp³-hybridized carbons (Fsp3) is 0.500. The van der Waals surface area contributed by atoms with Gasteiger partial charge in [0.25, 0.3) is 0 Å². The maximum Gasteiger partial charge on any atom is 0.131 e. The monoisotopic (exact) mass is 352 g/mol. The highest BCUT2D eigenvalue weighted by molar-refractivity contribution is 9.10. The summed E-state index contributed by atoms with van der Waals surface area (Å²) in [4.78, 5) is 11.4. The lowest BCUT2D eigenvalue weighted by atomic mass is 9.95. The van der Waals surface area contributed by atoms with Crippen molar-refractivity contribution in [1.29, 1.82) is 0 Å². The van der Waals surface area contributed by atoms with Crippen molar-refractivity contribution < 1.29 is 9.53 Å². The van der Waals surface area contributed by atoms with Gasteiger partial charge in [-0.05, 0) is 32.4 Å². The van der Waals surface area contributed by atoms with Gasteiger partial charge in [0, 0.05) is 30.1 Å². The first-order valence-corrected chi connectivity index (χ1v) is 7.99. The molecule has 0 aliphatic heterocycles. The van der Waals surface area contributed by atoms with Gasteiger partial charge in [-0.15, -0.1) is 0 Å². The van der Waals surface area contributed by atoms with Crippen LogP contribution >= 0.6 is 15.9 Å². The molecule has 1 aromatic heterocycles. The highest BCUT2D eigenvalue weighted by Crippen LogP contribution is 2.31. The van der Waals surface area contributed by atoms with E-state index in [4.69, 9.17) is 4.74 Å². The average Bonchev–Trinajstić information content (AvgIpc) is 2.75. The number of ketones is 1. The van der Waals surface area contributed by atoms with E-state index in [2.05, 4.69) is 28.0 Å². The van der Waals surface area contributed by atoms with Crippen LogP contribution in [0.25, 0.3) is 10.9 Å². The summed E-state index contributed by atoms with van der Waals surface area (Å²) in [6, 6.07) is 3.93. The van der Waals surface area contributed by atoms with Crippen LogP contribution in [-0.4, -0.2) is 21.7 Å². The third-order valence-electron chi connectivity index (χ3n) is 3.72. The second-order valence-electron chi connectivity index (χ2n) is 5.54.